The molecule has 2 rings (SSSR count). The van der Waals surface area contributed by atoms with Gasteiger partial charge >= 0.3 is 0 Å². The molecule has 1 N–H and O–H groups in total. The van der Waals surface area contributed by atoms with E-state index in [-0.39, 0.29) is 12.3 Å². The van der Waals surface area contributed by atoms with Gasteiger partial charge in [-0.2, -0.15) is 0 Å². The normalized spacial score (nSPS) is 10.7. The molecule has 2 aromatic heterocycles. The van der Waals surface area contributed by atoms with Gasteiger partial charge in [0.15, 0.2) is 0 Å². The smallest absolute Gasteiger partial charge is 0.224 e. The zero-order valence-corrected chi connectivity index (χ0v) is 11.3. The number of aromatic nitrogens is 2. The van der Waals surface area contributed by atoms with Crippen molar-refractivity contribution in [1.82, 2.24) is 15.6 Å². The topological polar surface area (TPSA) is 81.2 Å². The predicted octanol–water partition coefficient (Wildman–Crippen LogP) is 1.49. The SMILES string of the molecule is Cc1cc(CCNC(=O)Cc2c(C)noc2C)on1. The lowest BCUT2D eigenvalue weighted by molar-refractivity contribution is -0.120. The summed E-state index contributed by atoms with van der Waals surface area (Å²) in [6.07, 6.45) is 0.921. The fourth-order valence-corrected chi connectivity index (χ4v) is 1.84. The molecule has 0 saturated heterocycles. The molecule has 0 saturated carbocycles. The first-order valence-electron chi connectivity index (χ1n) is 6.17. The molecule has 102 valence electrons. The van der Waals surface area contributed by atoms with Gasteiger partial charge in [0.05, 0.1) is 17.8 Å². The van der Waals surface area contributed by atoms with Crippen molar-refractivity contribution in [1.29, 1.82) is 0 Å². The van der Waals surface area contributed by atoms with Crippen molar-refractivity contribution in [2.45, 2.75) is 33.6 Å². The standard InChI is InChI=1S/C13H17N3O3/c1-8-6-11(19-15-8)4-5-14-13(17)7-12-9(2)16-18-10(12)3/h6H,4-5,7H2,1-3H3,(H,14,17). The third kappa shape index (κ3) is 3.43. The van der Waals surface area contributed by atoms with Gasteiger partial charge < -0.3 is 14.4 Å². The van der Waals surface area contributed by atoms with Crippen molar-refractivity contribution in [3.05, 3.63) is 34.5 Å². The summed E-state index contributed by atoms with van der Waals surface area (Å²) in [6.45, 7) is 6.02. The lowest BCUT2D eigenvalue weighted by Gasteiger charge is -2.03. The second-order valence-corrected chi connectivity index (χ2v) is 4.51. The molecule has 2 aromatic rings. The van der Waals surface area contributed by atoms with E-state index in [0.717, 1.165) is 22.7 Å². The number of nitrogens with one attached hydrogen (secondary N) is 1. The fraction of sp³-hybridized carbons (Fsp3) is 0.462. The summed E-state index contributed by atoms with van der Waals surface area (Å²) in [5.41, 5.74) is 2.46. The van der Waals surface area contributed by atoms with E-state index in [9.17, 15) is 4.79 Å². The van der Waals surface area contributed by atoms with Crippen molar-refractivity contribution in [2.75, 3.05) is 6.54 Å². The maximum atomic E-state index is 11.8. The summed E-state index contributed by atoms with van der Waals surface area (Å²) in [7, 11) is 0. The molecule has 0 radical (unpaired) electrons. The van der Waals surface area contributed by atoms with Crippen LogP contribution < -0.4 is 5.32 Å². The number of hydrogen-bond acceptors (Lipinski definition) is 5. The van der Waals surface area contributed by atoms with Crippen LogP contribution in [0.5, 0.6) is 0 Å². The van der Waals surface area contributed by atoms with E-state index in [0.29, 0.717) is 18.7 Å². The zero-order chi connectivity index (χ0) is 13.8. The Morgan fingerprint density at radius 1 is 1.26 bits per heavy atom. The fourth-order valence-electron chi connectivity index (χ4n) is 1.84. The predicted molar refractivity (Wildman–Crippen MR) is 67.6 cm³/mol. The number of amides is 1. The number of hydrogen-bond donors (Lipinski definition) is 1. The van der Waals surface area contributed by atoms with Crippen LogP contribution in [0.3, 0.4) is 0 Å². The van der Waals surface area contributed by atoms with E-state index < -0.39 is 0 Å². The Morgan fingerprint density at radius 2 is 2.05 bits per heavy atom. The molecule has 0 unspecified atom stereocenters. The van der Waals surface area contributed by atoms with Gasteiger partial charge in [-0.3, -0.25) is 4.79 Å². The molecular weight excluding hydrogens is 246 g/mol. The average molecular weight is 263 g/mol. The second-order valence-electron chi connectivity index (χ2n) is 4.51. The van der Waals surface area contributed by atoms with Gasteiger partial charge in [-0.25, -0.2) is 0 Å². The molecule has 0 bridgehead atoms. The van der Waals surface area contributed by atoms with Crippen molar-refractivity contribution in [3.63, 3.8) is 0 Å². The highest BCUT2D eigenvalue weighted by Crippen LogP contribution is 2.12. The molecule has 0 aromatic carbocycles. The molecule has 0 fully saturated rings. The maximum absolute atomic E-state index is 11.8. The third-order valence-corrected chi connectivity index (χ3v) is 2.89. The van der Waals surface area contributed by atoms with E-state index in [4.69, 9.17) is 9.05 Å². The number of rotatable bonds is 5. The van der Waals surface area contributed by atoms with Crippen LogP contribution >= 0.6 is 0 Å². The zero-order valence-electron chi connectivity index (χ0n) is 11.3. The minimum atomic E-state index is -0.0503. The van der Waals surface area contributed by atoms with Crippen LogP contribution in [0.15, 0.2) is 15.1 Å². The highest BCUT2D eigenvalue weighted by Gasteiger charge is 2.13. The highest BCUT2D eigenvalue weighted by atomic mass is 16.5. The summed E-state index contributed by atoms with van der Waals surface area (Å²) >= 11 is 0. The van der Waals surface area contributed by atoms with Crippen molar-refractivity contribution in [2.24, 2.45) is 0 Å². The van der Waals surface area contributed by atoms with Crippen LogP contribution in [-0.2, 0) is 17.6 Å². The van der Waals surface area contributed by atoms with Gasteiger partial charge in [-0.1, -0.05) is 10.3 Å². The van der Waals surface area contributed by atoms with Gasteiger partial charge in [-0.05, 0) is 20.8 Å². The average Bonchev–Trinajstić information content (AvgIpc) is 2.90. The van der Waals surface area contributed by atoms with E-state index in [1.165, 1.54) is 0 Å². The molecule has 0 aliphatic rings. The summed E-state index contributed by atoms with van der Waals surface area (Å²) in [5, 5.41) is 10.4. The second kappa shape index (κ2) is 5.69. The van der Waals surface area contributed by atoms with Gasteiger partial charge in [0.1, 0.15) is 11.5 Å². The molecule has 0 spiro atoms. The molecular formula is C13H17N3O3. The first-order chi connectivity index (χ1) is 9.06. The lowest BCUT2D eigenvalue weighted by atomic mass is 10.1. The minimum absolute atomic E-state index is 0.0503. The van der Waals surface area contributed by atoms with E-state index in [2.05, 4.69) is 15.6 Å². The van der Waals surface area contributed by atoms with Gasteiger partial charge in [0.2, 0.25) is 5.91 Å². The van der Waals surface area contributed by atoms with Crippen LogP contribution in [0, 0.1) is 20.8 Å². The van der Waals surface area contributed by atoms with E-state index in [1.807, 2.05) is 19.9 Å². The third-order valence-electron chi connectivity index (χ3n) is 2.89. The Labute approximate surface area is 111 Å². The molecule has 6 nitrogen and oxygen atoms in total. The molecule has 0 aliphatic carbocycles. The number of aryl methyl sites for hydroxylation is 3. The van der Waals surface area contributed by atoms with Crippen LogP contribution in [-0.4, -0.2) is 22.8 Å². The number of carbonyl (C=O) groups excluding carboxylic acids is 1. The molecule has 19 heavy (non-hydrogen) atoms. The van der Waals surface area contributed by atoms with Crippen LogP contribution in [0.25, 0.3) is 0 Å². The molecule has 2 heterocycles. The van der Waals surface area contributed by atoms with E-state index in [1.54, 1.807) is 6.92 Å². The number of carbonyl (C=O) groups is 1. The van der Waals surface area contributed by atoms with Crippen LogP contribution in [0.2, 0.25) is 0 Å². The lowest BCUT2D eigenvalue weighted by Crippen LogP contribution is -2.27. The summed E-state index contributed by atoms with van der Waals surface area (Å²) in [5.74, 6) is 1.42. The Hall–Kier alpha value is -2.11. The van der Waals surface area contributed by atoms with Gasteiger partial charge in [-0.15, -0.1) is 0 Å². The molecule has 1 amide bonds. The Kier molecular flexibility index (Phi) is 3.99. The first kappa shape index (κ1) is 13.3. The molecule has 0 aliphatic heterocycles. The van der Waals surface area contributed by atoms with Gasteiger partial charge in [0.25, 0.3) is 0 Å². The van der Waals surface area contributed by atoms with E-state index >= 15 is 0 Å². The Bertz CT molecular complexity index is 552. The minimum Gasteiger partial charge on any atom is -0.361 e. The molecule has 6 heteroatoms. The van der Waals surface area contributed by atoms with Crippen molar-refractivity contribution in [3.8, 4) is 0 Å². The van der Waals surface area contributed by atoms with Crippen molar-refractivity contribution < 1.29 is 13.8 Å². The largest absolute Gasteiger partial charge is 0.361 e. The molecule has 0 atom stereocenters. The summed E-state index contributed by atoms with van der Waals surface area (Å²) < 4.78 is 10.1. The summed E-state index contributed by atoms with van der Waals surface area (Å²) in [4.78, 5) is 11.8. The Morgan fingerprint density at radius 3 is 2.63 bits per heavy atom. The monoisotopic (exact) mass is 263 g/mol. The number of nitrogens with zero attached hydrogens (tertiary/aromatic N) is 2. The Balaban J connectivity index is 1.79. The van der Waals surface area contributed by atoms with Crippen LogP contribution in [0.1, 0.15) is 28.5 Å². The van der Waals surface area contributed by atoms with Gasteiger partial charge in [0, 0.05) is 24.6 Å². The first-order valence-corrected chi connectivity index (χ1v) is 6.17. The van der Waals surface area contributed by atoms with Crippen LogP contribution in [0.4, 0.5) is 0 Å². The van der Waals surface area contributed by atoms with Crippen molar-refractivity contribution >= 4 is 5.91 Å². The summed E-state index contributed by atoms with van der Waals surface area (Å²) in [6, 6.07) is 1.86. The maximum Gasteiger partial charge on any atom is 0.224 e. The quantitative estimate of drug-likeness (QED) is 0.883. The highest BCUT2D eigenvalue weighted by molar-refractivity contribution is 5.78.